The first-order valence-electron chi connectivity index (χ1n) is 10.9. The van der Waals surface area contributed by atoms with Crippen LogP contribution in [0.5, 0.6) is 0 Å². The van der Waals surface area contributed by atoms with E-state index in [4.69, 9.17) is 4.74 Å². The molecule has 0 saturated carbocycles. The molecule has 7 heteroatoms. The van der Waals surface area contributed by atoms with Gasteiger partial charge in [0.25, 0.3) is 0 Å². The molecule has 1 aliphatic rings. The van der Waals surface area contributed by atoms with Gasteiger partial charge in [0.2, 0.25) is 0 Å². The number of hydrogen-bond acceptors (Lipinski definition) is 5. The average molecular weight is 425 g/mol. The summed E-state index contributed by atoms with van der Waals surface area (Å²) in [6.07, 6.45) is 2.60. The summed E-state index contributed by atoms with van der Waals surface area (Å²) >= 11 is 0. The summed E-state index contributed by atoms with van der Waals surface area (Å²) in [5.41, 5.74) is 2.76. The highest BCUT2D eigenvalue weighted by atomic mass is 16.6. The summed E-state index contributed by atoms with van der Waals surface area (Å²) in [7, 11) is 0. The SMILES string of the molecule is Cc1c(C=O)ccc2c1cc(C#N)n2CCCCN1CCN(C(=O)OC(C)(C)C)CC1. The van der Waals surface area contributed by atoms with Crippen LogP contribution in [-0.4, -0.2) is 65.1 Å². The van der Waals surface area contributed by atoms with Crippen LogP contribution in [0.15, 0.2) is 18.2 Å². The second-order valence-corrected chi connectivity index (χ2v) is 9.14. The van der Waals surface area contributed by atoms with E-state index in [0.29, 0.717) is 24.3 Å². The Kier molecular flexibility index (Phi) is 7.01. The fraction of sp³-hybridized carbons (Fsp3) is 0.542. The number of nitrogens with zero attached hydrogens (tertiary/aromatic N) is 4. The molecule has 1 aromatic heterocycles. The van der Waals surface area contributed by atoms with Crippen molar-refractivity contribution < 1.29 is 14.3 Å². The Hall–Kier alpha value is -2.85. The molecule has 1 fully saturated rings. The van der Waals surface area contributed by atoms with Gasteiger partial charge in [0.1, 0.15) is 23.7 Å². The molecule has 166 valence electrons. The number of carbonyl (C=O) groups excluding carboxylic acids is 2. The van der Waals surface area contributed by atoms with Crippen molar-refractivity contribution in [1.29, 1.82) is 5.26 Å². The lowest BCUT2D eigenvalue weighted by Gasteiger charge is -2.35. The molecule has 0 atom stereocenters. The molecule has 31 heavy (non-hydrogen) atoms. The van der Waals surface area contributed by atoms with E-state index < -0.39 is 5.60 Å². The molecule has 0 unspecified atom stereocenters. The second kappa shape index (κ2) is 9.52. The molecule has 0 spiro atoms. The summed E-state index contributed by atoms with van der Waals surface area (Å²) in [4.78, 5) is 27.5. The van der Waals surface area contributed by atoms with Crippen LogP contribution in [0.4, 0.5) is 4.79 Å². The minimum atomic E-state index is -0.466. The van der Waals surface area contributed by atoms with Crippen LogP contribution in [0.3, 0.4) is 0 Å². The van der Waals surface area contributed by atoms with Gasteiger partial charge in [0.15, 0.2) is 0 Å². The van der Waals surface area contributed by atoms with Gasteiger partial charge in [-0.05, 0) is 70.8 Å². The number of amides is 1. The largest absolute Gasteiger partial charge is 0.444 e. The Morgan fingerprint density at radius 1 is 1.16 bits per heavy atom. The molecule has 1 aliphatic heterocycles. The highest BCUT2D eigenvalue weighted by Crippen LogP contribution is 2.25. The van der Waals surface area contributed by atoms with Crippen molar-refractivity contribution in [2.45, 2.75) is 52.7 Å². The Morgan fingerprint density at radius 3 is 2.45 bits per heavy atom. The van der Waals surface area contributed by atoms with Gasteiger partial charge in [0, 0.05) is 49.2 Å². The molecule has 2 heterocycles. The Bertz CT molecular complexity index is 989. The number of piperazine rings is 1. The monoisotopic (exact) mass is 424 g/mol. The Morgan fingerprint density at radius 2 is 1.84 bits per heavy atom. The standard InChI is InChI=1S/C24H32N4O3/c1-18-19(17-29)7-8-22-21(18)15-20(16-25)28(22)10-6-5-9-26-11-13-27(14-12-26)23(30)31-24(2,3)4/h7-8,15,17H,5-6,9-14H2,1-4H3. The molecule has 3 rings (SSSR count). The summed E-state index contributed by atoms with van der Waals surface area (Å²) in [6, 6.07) is 7.93. The minimum Gasteiger partial charge on any atom is -0.444 e. The number of rotatable bonds is 6. The number of nitriles is 1. The van der Waals surface area contributed by atoms with Crippen LogP contribution in [0.1, 0.15) is 55.2 Å². The van der Waals surface area contributed by atoms with Crippen molar-refractivity contribution in [3.05, 3.63) is 35.0 Å². The van der Waals surface area contributed by atoms with E-state index >= 15 is 0 Å². The number of benzene rings is 1. The maximum absolute atomic E-state index is 12.2. The van der Waals surface area contributed by atoms with Crippen molar-refractivity contribution >= 4 is 23.3 Å². The molecular formula is C24H32N4O3. The lowest BCUT2D eigenvalue weighted by atomic mass is 10.1. The summed E-state index contributed by atoms with van der Waals surface area (Å²) < 4.78 is 7.51. The topological polar surface area (TPSA) is 78.6 Å². The van der Waals surface area contributed by atoms with Gasteiger partial charge in [-0.3, -0.25) is 9.69 Å². The fourth-order valence-electron chi connectivity index (χ4n) is 4.04. The Balaban J connectivity index is 1.50. The molecule has 0 aliphatic carbocycles. The summed E-state index contributed by atoms with van der Waals surface area (Å²) in [6.45, 7) is 12.4. The van der Waals surface area contributed by atoms with Crippen LogP contribution < -0.4 is 0 Å². The second-order valence-electron chi connectivity index (χ2n) is 9.14. The third-order valence-electron chi connectivity index (χ3n) is 5.77. The predicted octanol–water partition coefficient (Wildman–Crippen LogP) is 3.97. The van der Waals surface area contributed by atoms with Crippen molar-refractivity contribution in [3.8, 4) is 6.07 Å². The van der Waals surface area contributed by atoms with Crippen LogP contribution in [0, 0.1) is 18.3 Å². The molecule has 0 N–H and O–H groups in total. The van der Waals surface area contributed by atoms with Crippen LogP contribution in [0.25, 0.3) is 10.9 Å². The van der Waals surface area contributed by atoms with E-state index in [-0.39, 0.29) is 6.09 Å². The van der Waals surface area contributed by atoms with Gasteiger partial charge in [-0.1, -0.05) is 0 Å². The zero-order valence-electron chi connectivity index (χ0n) is 19.0. The highest BCUT2D eigenvalue weighted by Gasteiger charge is 2.25. The quantitative estimate of drug-likeness (QED) is 0.518. The number of carbonyl (C=O) groups is 2. The van der Waals surface area contributed by atoms with Gasteiger partial charge in [-0.2, -0.15) is 5.26 Å². The van der Waals surface area contributed by atoms with E-state index in [1.165, 1.54) is 0 Å². The average Bonchev–Trinajstić information content (AvgIpc) is 3.09. The van der Waals surface area contributed by atoms with Gasteiger partial charge in [-0.25, -0.2) is 4.79 Å². The fourth-order valence-corrected chi connectivity index (χ4v) is 4.04. The lowest BCUT2D eigenvalue weighted by Crippen LogP contribution is -2.50. The third kappa shape index (κ3) is 5.45. The number of hydrogen-bond donors (Lipinski definition) is 0. The van der Waals surface area contributed by atoms with E-state index in [2.05, 4.69) is 15.5 Å². The number of aldehydes is 1. The molecule has 1 amide bonds. The molecule has 7 nitrogen and oxygen atoms in total. The van der Waals surface area contributed by atoms with E-state index in [1.807, 2.05) is 45.9 Å². The van der Waals surface area contributed by atoms with Crippen molar-refractivity contribution in [2.75, 3.05) is 32.7 Å². The molecule has 0 bridgehead atoms. The zero-order valence-corrected chi connectivity index (χ0v) is 19.0. The van der Waals surface area contributed by atoms with E-state index in [0.717, 1.165) is 61.8 Å². The maximum atomic E-state index is 12.2. The molecular weight excluding hydrogens is 392 g/mol. The van der Waals surface area contributed by atoms with Crippen LogP contribution in [0.2, 0.25) is 0 Å². The molecule has 2 aromatic rings. The molecule has 1 aromatic carbocycles. The maximum Gasteiger partial charge on any atom is 0.410 e. The third-order valence-corrected chi connectivity index (χ3v) is 5.77. The number of ether oxygens (including phenoxy) is 1. The van der Waals surface area contributed by atoms with Gasteiger partial charge in [0.05, 0.1) is 0 Å². The van der Waals surface area contributed by atoms with Gasteiger partial charge < -0.3 is 14.2 Å². The number of aryl methyl sites for hydroxylation is 2. The van der Waals surface area contributed by atoms with Gasteiger partial charge >= 0.3 is 6.09 Å². The summed E-state index contributed by atoms with van der Waals surface area (Å²) in [5.74, 6) is 0. The molecule has 0 radical (unpaired) electrons. The first kappa shape index (κ1) is 22.8. The number of aromatic nitrogens is 1. The van der Waals surface area contributed by atoms with Crippen molar-refractivity contribution in [2.24, 2.45) is 0 Å². The zero-order chi connectivity index (χ0) is 22.6. The highest BCUT2D eigenvalue weighted by molar-refractivity contribution is 5.92. The first-order valence-corrected chi connectivity index (χ1v) is 10.9. The molecule has 1 saturated heterocycles. The predicted molar refractivity (Wildman–Crippen MR) is 120 cm³/mol. The summed E-state index contributed by atoms with van der Waals surface area (Å²) in [5, 5.41) is 10.5. The normalized spacial score (nSPS) is 15.1. The van der Waals surface area contributed by atoms with E-state index in [9.17, 15) is 14.9 Å². The van der Waals surface area contributed by atoms with E-state index in [1.54, 1.807) is 4.90 Å². The minimum absolute atomic E-state index is 0.233. The van der Waals surface area contributed by atoms with Crippen LogP contribution in [-0.2, 0) is 11.3 Å². The van der Waals surface area contributed by atoms with Crippen molar-refractivity contribution in [3.63, 3.8) is 0 Å². The van der Waals surface area contributed by atoms with Crippen LogP contribution >= 0.6 is 0 Å². The number of unbranched alkanes of at least 4 members (excludes halogenated alkanes) is 1. The van der Waals surface area contributed by atoms with Crippen molar-refractivity contribution in [1.82, 2.24) is 14.4 Å². The smallest absolute Gasteiger partial charge is 0.410 e. The number of fused-ring (bicyclic) bond motifs is 1. The lowest BCUT2D eigenvalue weighted by molar-refractivity contribution is 0.0144. The van der Waals surface area contributed by atoms with Gasteiger partial charge in [-0.15, -0.1) is 0 Å². The Labute approximate surface area is 184 Å². The first-order chi connectivity index (χ1) is 14.7.